The van der Waals surface area contributed by atoms with Crippen LogP contribution in [0.3, 0.4) is 0 Å². The summed E-state index contributed by atoms with van der Waals surface area (Å²) in [5.74, 6) is 1.23. The first-order valence-electron chi connectivity index (χ1n) is 8.58. The molecular formula is C21H18ClN5. The summed E-state index contributed by atoms with van der Waals surface area (Å²) in [6, 6.07) is 17.6. The fourth-order valence-corrected chi connectivity index (χ4v) is 3.15. The predicted molar refractivity (Wildman–Crippen MR) is 111 cm³/mol. The normalized spacial score (nSPS) is 10.8. The number of pyridine rings is 1. The van der Waals surface area contributed by atoms with Gasteiger partial charge in [0.05, 0.1) is 11.2 Å². The molecule has 2 heterocycles. The summed E-state index contributed by atoms with van der Waals surface area (Å²) in [5.41, 5.74) is 4.61. The van der Waals surface area contributed by atoms with Crippen LogP contribution in [0.4, 0.5) is 23.1 Å². The second kappa shape index (κ2) is 7.21. The van der Waals surface area contributed by atoms with Crippen LogP contribution in [0.5, 0.6) is 0 Å². The molecule has 2 aromatic carbocycles. The van der Waals surface area contributed by atoms with Gasteiger partial charge < -0.3 is 10.6 Å². The zero-order valence-electron chi connectivity index (χ0n) is 15.0. The Morgan fingerprint density at radius 2 is 1.70 bits per heavy atom. The summed E-state index contributed by atoms with van der Waals surface area (Å²) in [6.07, 6.45) is 1.79. The van der Waals surface area contributed by atoms with Gasteiger partial charge in [0.15, 0.2) is 0 Å². The lowest BCUT2D eigenvalue weighted by molar-refractivity contribution is 1.11. The highest BCUT2D eigenvalue weighted by Crippen LogP contribution is 2.26. The SMILES string of the molecule is Cc1cc(Nc2cccc3cccnc23)nc(Nc2ccc(Cl)cc2C)n1. The number of fused-ring (bicyclic) bond motifs is 1. The van der Waals surface area contributed by atoms with Crippen molar-refractivity contribution in [3.8, 4) is 0 Å². The minimum atomic E-state index is 0.524. The third kappa shape index (κ3) is 3.83. The smallest absolute Gasteiger partial charge is 0.229 e. The Morgan fingerprint density at radius 3 is 2.56 bits per heavy atom. The lowest BCUT2D eigenvalue weighted by Gasteiger charge is -2.12. The third-order valence-electron chi connectivity index (χ3n) is 4.18. The first-order valence-corrected chi connectivity index (χ1v) is 8.96. The van der Waals surface area contributed by atoms with Crippen molar-refractivity contribution in [1.82, 2.24) is 15.0 Å². The van der Waals surface area contributed by atoms with Crippen LogP contribution in [-0.4, -0.2) is 15.0 Å². The Hall–Kier alpha value is -3.18. The maximum atomic E-state index is 6.03. The molecular weight excluding hydrogens is 358 g/mol. The van der Waals surface area contributed by atoms with Crippen LogP contribution in [0.2, 0.25) is 5.02 Å². The number of aryl methyl sites for hydroxylation is 2. The molecule has 0 spiro atoms. The topological polar surface area (TPSA) is 62.7 Å². The zero-order chi connectivity index (χ0) is 18.8. The Bertz CT molecular complexity index is 1120. The third-order valence-corrected chi connectivity index (χ3v) is 4.42. The number of benzene rings is 2. The largest absolute Gasteiger partial charge is 0.338 e. The van der Waals surface area contributed by atoms with Crippen molar-refractivity contribution >= 4 is 45.6 Å². The number of aromatic nitrogens is 3. The number of anilines is 4. The molecule has 0 saturated carbocycles. The monoisotopic (exact) mass is 375 g/mol. The van der Waals surface area contributed by atoms with Gasteiger partial charge in [-0.2, -0.15) is 4.98 Å². The van der Waals surface area contributed by atoms with Gasteiger partial charge in [-0.05, 0) is 49.7 Å². The van der Waals surface area contributed by atoms with E-state index in [1.807, 2.05) is 68.4 Å². The molecule has 0 aliphatic rings. The molecule has 134 valence electrons. The van der Waals surface area contributed by atoms with Gasteiger partial charge in [0.2, 0.25) is 5.95 Å². The summed E-state index contributed by atoms with van der Waals surface area (Å²) in [5, 5.41) is 8.41. The van der Waals surface area contributed by atoms with Crippen molar-refractivity contribution < 1.29 is 0 Å². The van der Waals surface area contributed by atoms with Gasteiger partial charge in [-0.3, -0.25) is 4.98 Å². The van der Waals surface area contributed by atoms with Crippen molar-refractivity contribution in [2.24, 2.45) is 0 Å². The molecule has 6 heteroatoms. The molecule has 4 aromatic rings. The lowest BCUT2D eigenvalue weighted by atomic mass is 10.2. The van der Waals surface area contributed by atoms with E-state index in [1.165, 1.54) is 0 Å². The summed E-state index contributed by atoms with van der Waals surface area (Å²) in [7, 11) is 0. The number of hydrogen-bond donors (Lipinski definition) is 2. The molecule has 0 unspecified atom stereocenters. The molecule has 2 N–H and O–H groups in total. The maximum absolute atomic E-state index is 6.03. The van der Waals surface area contributed by atoms with Crippen LogP contribution in [0, 0.1) is 13.8 Å². The van der Waals surface area contributed by atoms with E-state index in [4.69, 9.17) is 11.6 Å². The van der Waals surface area contributed by atoms with E-state index in [9.17, 15) is 0 Å². The maximum Gasteiger partial charge on any atom is 0.229 e. The first-order chi connectivity index (χ1) is 13.1. The Labute approximate surface area is 162 Å². The molecule has 0 fully saturated rings. The summed E-state index contributed by atoms with van der Waals surface area (Å²) in [6.45, 7) is 3.93. The van der Waals surface area contributed by atoms with Crippen LogP contribution in [0.25, 0.3) is 10.9 Å². The van der Waals surface area contributed by atoms with E-state index in [1.54, 1.807) is 6.20 Å². The standard InChI is InChI=1S/C21H18ClN5/c1-13-11-16(22)8-9-17(13)26-21-24-14(2)12-19(27-21)25-18-7-3-5-15-6-4-10-23-20(15)18/h3-12H,1-2H3,(H2,24,25,26,27). The second-order valence-electron chi connectivity index (χ2n) is 6.31. The van der Waals surface area contributed by atoms with Crippen LogP contribution in [0.1, 0.15) is 11.3 Å². The molecule has 4 rings (SSSR count). The predicted octanol–water partition coefficient (Wildman–Crippen LogP) is 5.78. The molecule has 0 amide bonds. The molecule has 0 atom stereocenters. The molecule has 0 saturated heterocycles. The van der Waals surface area contributed by atoms with Gasteiger partial charge in [-0.25, -0.2) is 4.98 Å². The molecule has 5 nitrogen and oxygen atoms in total. The van der Waals surface area contributed by atoms with E-state index < -0.39 is 0 Å². The number of hydrogen-bond acceptors (Lipinski definition) is 5. The van der Waals surface area contributed by atoms with E-state index in [2.05, 4.69) is 25.6 Å². The quantitative estimate of drug-likeness (QED) is 0.473. The van der Waals surface area contributed by atoms with Crippen molar-refractivity contribution in [3.63, 3.8) is 0 Å². The average Bonchev–Trinajstić information content (AvgIpc) is 2.64. The molecule has 0 aliphatic heterocycles. The number of nitrogens with zero attached hydrogens (tertiary/aromatic N) is 3. The van der Waals surface area contributed by atoms with Crippen molar-refractivity contribution in [2.75, 3.05) is 10.6 Å². The zero-order valence-corrected chi connectivity index (χ0v) is 15.7. The molecule has 0 aliphatic carbocycles. The highest BCUT2D eigenvalue weighted by molar-refractivity contribution is 6.30. The Balaban J connectivity index is 1.66. The highest BCUT2D eigenvalue weighted by atomic mass is 35.5. The van der Waals surface area contributed by atoms with Crippen LogP contribution in [0.15, 0.2) is 60.8 Å². The molecule has 0 radical (unpaired) electrons. The summed E-state index contributed by atoms with van der Waals surface area (Å²) >= 11 is 6.03. The van der Waals surface area contributed by atoms with Crippen LogP contribution >= 0.6 is 11.6 Å². The van der Waals surface area contributed by atoms with E-state index in [-0.39, 0.29) is 0 Å². The molecule has 0 bridgehead atoms. The Morgan fingerprint density at radius 1 is 0.852 bits per heavy atom. The van der Waals surface area contributed by atoms with Crippen molar-refractivity contribution in [3.05, 3.63) is 77.1 Å². The van der Waals surface area contributed by atoms with Gasteiger partial charge >= 0.3 is 0 Å². The number of halogens is 1. The fourth-order valence-electron chi connectivity index (χ4n) is 2.92. The highest BCUT2D eigenvalue weighted by Gasteiger charge is 2.08. The van der Waals surface area contributed by atoms with Crippen LogP contribution in [-0.2, 0) is 0 Å². The lowest BCUT2D eigenvalue weighted by Crippen LogP contribution is -2.03. The number of para-hydroxylation sites is 1. The van der Waals surface area contributed by atoms with E-state index in [0.29, 0.717) is 16.8 Å². The second-order valence-corrected chi connectivity index (χ2v) is 6.74. The molecule has 2 aromatic heterocycles. The average molecular weight is 376 g/mol. The number of nitrogens with one attached hydrogen (secondary N) is 2. The van der Waals surface area contributed by atoms with Gasteiger partial charge in [-0.1, -0.05) is 29.8 Å². The summed E-state index contributed by atoms with van der Waals surface area (Å²) < 4.78 is 0. The fraction of sp³-hybridized carbons (Fsp3) is 0.0952. The van der Waals surface area contributed by atoms with Crippen molar-refractivity contribution in [1.29, 1.82) is 0 Å². The van der Waals surface area contributed by atoms with Gasteiger partial charge in [0.1, 0.15) is 5.82 Å². The van der Waals surface area contributed by atoms with Gasteiger partial charge in [-0.15, -0.1) is 0 Å². The van der Waals surface area contributed by atoms with E-state index in [0.717, 1.165) is 33.5 Å². The van der Waals surface area contributed by atoms with Crippen LogP contribution < -0.4 is 10.6 Å². The molecule has 27 heavy (non-hydrogen) atoms. The minimum absolute atomic E-state index is 0.524. The summed E-state index contributed by atoms with van der Waals surface area (Å²) in [4.78, 5) is 13.6. The van der Waals surface area contributed by atoms with Gasteiger partial charge in [0.25, 0.3) is 0 Å². The first kappa shape index (κ1) is 17.2. The van der Waals surface area contributed by atoms with Crippen molar-refractivity contribution in [2.45, 2.75) is 13.8 Å². The Kier molecular flexibility index (Phi) is 4.60. The van der Waals surface area contributed by atoms with E-state index >= 15 is 0 Å². The number of rotatable bonds is 4. The minimum Gasteiger partial charge on any atom is -0.338 e. The van der Waals surface area contributed by atoms with Gasteiger partial charge in [0, 0.05) is 34.1 Å².